The molecule has 0 aromatic heterocycles. The zero-order valence-electron chi connectivity index (χ0n) is 19.2. The zero-order valence-corrected chi connectivity index (χ0v) is 20.0. The zero-order chi connectivity index (χ0) is 23.5. The van der Waals surface area contributed by atoms with Gasteiger partial charge in [0.2, 0.25) is 10.0 Å². The second-order valence-electron chi connectivity index (χ2n) is 8.46. The van der Waals surface area contributed by atoms with Crippen LogP contribution in [0.1, 0.15) is 64.4 Å². The van der Waals surface area contributed by atoms with Gasteiger partial charge in [-0.2, -0.15) is 4.31 Å². The molecule has 1 aliphatic heterocycles. The van der Waals surface area contributed by atoms with Crippen LogP contribution in [0.2, 0.25) is 0 Å². The highest BCUT2D eigenvalue weighted by Gasteiger charge is 2.26. The number of aryl methyl sites for hydroxylation is 3. The van der Waals surface area contributed by atoms with Crippen molar-refractivity contribution < 1.29 is 22.7 Å². The van der Waals surface area contributed by atoms with E-state index in [1.807, 2.05) is 26.8 Å². The van der Waals surface area contributed by atoms with Crippen molar-refractivity contribution in [1.82, 2.24) is 4.31 Å². The summed E-state index contributed by atoms with van der Waals surface area (Å²) in [6.07, 6.45) is 2.46. The van der Waals surface area contributed by atoms with Crippen molar-refractivity contribution in [2.24, 2.45) is 0 Å². The Hall–Kier alpha value is -2.51. The first-order chi connectivity index (χ1) is 15.1. The predicted molar refractivity (Wildman–Crippen MR) is 123 cm³/mol. The van der Waals surface area contributed by atoms with E-state index in [1.54, 1.807) is 31.2 Å². The van der Waals surface area contributed by atoms with Gasteiger partial charge >= 0.3 is 5.97 Å². The predicted octanol–water partition coefficient (Wildman–Crippen LogP) is 4.27. The fraction of sp³-hybridized carbons (Fsp3) is 0.440. The highest BCUT2D eigenvalue weighted by molar-refractivity contribution is 7.89. The number of ether oxygens (including phenoxy) is 1. The number of rotatable bonds is 8. The van der Waals surface area contributed by atoms with E-state index in [-0.39, 0.29) is 29.7 Å². The molecule has 0 unspecified atom stereocenters. The Morgan fingerprint density at radius 1 is 1.00 bits per heavy atom. The van der Waals surface area contributed by atoms with Crippen molar-refractivity contribution >= 4 is 21.8 Å². The standard InChI is InChI=1S/C25H31NO5S/c1-17-15-18(2)25(20(4)27)19(3)23(17)16-31-24(28)12-9-21-7-10-22(11-8-21)32(29,30)26-13-5-6-14-26/h7-8,10-11,15H,5-6,9,12-14,16H2,1-4H3. The summed E-state index contributed by atoms with van der Waals surface area (Å²) >= 11 is 0. The number of nitrogens with zero attached hydrogens (tertiary/aromatic N) is 1. The Kier molecular flexibility index (Phi) is 7.51. The van der Waals surface area contributed by atoms with E-state index in [4.69, 9.17) is 4.74 Å². The Balaban J connectivity index is 1.58. The smallest absolute Gasteiger partial charge is 0.306 e. The van der Waals surface area contributed by atoms with Gasteiger partial charge in [-0.3, -0.25) is 9.59 Å². The first-order valence-electron chi connectivity index (χ1n) is 11.0. The maximum absolute atomic E-state index is 12.6. The van der Waals surface area contributed by atoms with Crippen molar-refractivity contribution in [1.29, 1.82) is 0 Å². The van der Waals surface area contributed by atoms with Crippen LogP contribution in [0.5, 0.6) is 0 Å². The highest BCUT2D eigenvalue weighted by atomic mass is 32.2. The van der Waals surface area contributed by atoms with E-state index in [1.165, 1.54) is 4.31 Å². The lowest BCUT2D eigenvalue weighted by Gasteiger charge is -2.16. The normalized spacial score (nSPS) is 14.5. The Morgan fingerprint density at radius 3 is 2.22 bits per heavy atom. The average molecular weight is 458 g/mol. The molecular formula is C25H31NO5S. The van der Waals surface area contributed by atoms with Crippen molar-refractivity contribution in [2.75, 3.05) is 13.1 Å². The van der Waals surface area contributed by atoms with Gasteiger partial charge in [-0.05, 0) is 86.9 Å². The van der Waals surface area contributed by atoms with Gasteiger partial charge in [0.25, 0.3) is 0 Å². The van der Waals surface area contributed by atoms with Crippen LogP contribution < -0.4 is 0 Å². The number of sulfonamides is 1. The summed E-state index contributed by atoms with van der Waals surface area (Å²) in [4.78, 5) is 24.6. The lowest BCUT2D eigenvalue weighted by atomic mass is 9.92. The van der Waals surface area contributed by atoms with E-state index >= 15 is 0 Å². The second kappa shape index (κ2) is 9.96. The highest BCUT2D eigenvalue weighted by Crippen LogP contribution is 2.24. The van der Waals surface area contributed by atoms with E-state index in [0.29, 0.717) is 25.1 Å². The lowest BCUT2D eigenvalue weighted by molar-refractivity contribution is -0.144. The molecule has 0 bridgehead atoms. The summed E-state index contributed by atoms with van der Waals surface area (Å²) in [6, 6.07) is 8.67. The molecule has 0 aliphatic carbocycles. The van der Waals surface area contributed by atoms with Gasteiger partial charge in [-0.25, -0.2) is 8.42 Å². The van der Waals surface area contributed by atoms with Crippen LogP contribution in [0.25, 0.3) is 0 Å². The van der Waals surface area contributed by atoms with Crippen molar-refractivity contribution in [2.45, 2.75) is 64.9 Å². The number of carbonyl (C=O) groups is 2. The first-order valence-corrected chi connectivity index (χ1v) is 12.4. The van der Waals surface area contributed by atoms with Crippen LogP contribution in [0.4, 0.5) is 0 Å². The van der Waals surface area contributed by atoms with E-state index in [2.05, 4.69) is 0 Å². The summed E-state index contributed by atoms with van der Waals surface area (Å²) in [6.45, 7) is 8.57. The Bertz CT molecular complexity index is 1110. The molecule has 0 saturated carbocycles. The Labute approximate surface area is 190 Å². The lowest BCUT2D eigenvalue weighted by Crippen LogP contribution is -2.27. The number of hydrogen-bond acceptors (Lipinski definition) is 5. The van der Waals surface area contributed by atoms with Gasteiger partial charge < -0.3 is 4.74 Å². The summed E-state index contributed by atoms with van der Waals surface area (Å²) in [7, 11) is -3.43. The third-order valence-corrected chi connectivity index (χ3v) is 8.02. The maximum Gasteiger partial charge on any atom is 0.306 e. The monoisotopic (exact) mass is 457 g/mol. The number of benzene rings is 2. The largest absolute Gasteiger partial charge is 0.461 e. The summed E-state index contributed by atoms with van der Waals surface area (Å²) in [5, 5.41) is 0. The van der Waals surface area contributed by atoms with Gasteiger partial charge in [-0.1, -0.05) is 18.2 Å². The molecule has 172 valence electrons. The summed E-state index contributed by atoms with van der Waals surface area (Å²) in [5.41, 5.74) is 5.21. The van der Waals surface area contributed by atoms with Crippen LogP contribution in [-0.2, 0) is 32.6 Å². The van der Waals surface area contributed by atoms with E-state index in [9.17, 15) is 18.0 Å². The SMILES string of the molecule is CC(=O)c1c(C)cc(C)c(COC(=O)CCc2ccc(S(=O)(=O)N3CCCC3)cc2)c1C. The van der Waals surface area contributed by atoms with Gasteiger partial charge in [0.1, 0.15) is 6.61 Å². The number of Topliss-reactive ketones (excluding diaryl/α,β-unsaturated/α-hetero) is 1. The molecular weight excluding hydrogens is 426 g/mol. The quantitative estimate of drug-likeness (QED) is 0.437. The molecule has 1 fully saturated rings. The van der Waals surface area contributed by atoms with Crippen LogP contribution in [0, 0.1) is 20.8 Å². The van der Waals surface area contributed by atoms with E-state index in [0.717, 1.165) is 40.7 Å². The summed E-state index contributed by atoms with van der Waals surface area (Å²) < 4.78 is 32.2. The minimum atomic E-state index is -3.43. The van der Waals surface area contributed by atoms with Gasteiger partial charge in [0.05, 0.1) is 4.90 Å². The molecule has 7 heteroatoms. The molecule has 3 rings (SSSR count). The Morgan fingerprint density at radius 2 is 1.62 bits per heavy atom. The number of carbonyl (C=O) groups excluding carboxylic acids is 2. The first kappa shape index (κ1) is 24.1. The number of hydrogen-bond donors (Lipinski definition) is 0. The average Bonchev–Trinajstić information content (AvgIpc) is 3.27. The minimum Gasteiger partial charge on any atom is -0.461 e. The maximum atomic E-state index is 12.6. The van der Waals surface area contributed by atoms with E-state index < -0.39 is 10.0 Å². The molecule has 0 N–H and O–H groups in total. The van der Waals surface area contributed by atoms with Gasteiger partial charge in [-0.15, -0.1) is 0 Å². The minimum absolute atomic E-state index is 0.00256. The second-order valence-corrected chi connectivity index (χ2v) is 10.4. The van der Waals surface area contributed by atoms with Crippen LogP contribution in [-0.4, -0.2) is 37.6 Å². The molecule has 1 saturated heterocycles. The number of ketones is 1. The molecule has 32 heavy (non-hydrogen) atoms. The molecule has 2 aromatic carbocycles. The van der Waals surface area contributed by atoms with Crippen molar-refractivity contribution in [3.05, 3.63) is 63.7 Å². The number of esters is 1. The third kappa shape index (κ3) is 5.27. The van der Waals surface area contributed by atoms with Crippen molar-refractivity contribution in [3.8, 4) is 0 Å². The van der Waals surface area contributed by atoms with Crippen LogP contribution in [0.3, 0.4) is 0 Å². The molecule has 6 nitrogen and oxygen atoms in total. The summed E-state index contributed by atoms with van der Waals surface area (Å²) in [5.74, 6) is -0.328. The molecule has 0 radical (unpaired) electrons. The molecule has 1 aliphatic rings. The van der Waals surface area contributed by atoms with Crippen molar-refractivity contribution in [3.63, 3.8) is 0 Å². The van der Waals surface area contributed by atoms with Gasteiger partial charge in [0, 0.05) is 25.1 Å². The molecule has 0 spiro atoms. The van der Waals surface area contributed by atoms with Crippen LogP contribution >= 0.6 is 0 Å². The third-order valence-electron chi connectivity index (χ3n) is 6.10. The molecule has 0 amide bonds. The fourth-order valence-corrected chi connectivity index (χ4v) is 5.88. The topological polar surface area (TPSA) is 80.8 Å². The molecule has 0 atom stereocenters. The fourth-order valence-electron chi connectivity index (χ4n) is 4.37. The molecule has 1 heterocycles. The molecule has 2 aromatic rings. The van der Waals surface area contributed by atoms with Gasteiger partial charge in [0.15, 0.2) is 5.78 Å². The van der Waals surface area contributed by atoms with Crippen LogP contribution in [0.15, 0.2) is 35.2 Å².